The molecule has 1 saturated heterocycles. The number of amides is 1. The Bertz CT molecular complexity index is 1310. The Balaban J connectivity index is 1.29. The van der Waals surface area contributed by atoms with E-state index >= 15 is 0 Å². The third-order valence-corrected chi connectivity index (χ3v) is 7.48. The van der Waals surface area contributed by atoms with Gasteiger partial charge in [0.25, 0.3) is 5.91 Å². The molecule has 33 heavy (non-hydrogen) atoms. The number of carbonyl (C=O) groups excluding carboxylic acids is 1. The van der Waals surface area contributed by atoms with Crippen LogP contribution >= 0.6 is 0 Å². The van der Waals surface area contributed by atoms with Crippen molar-refractivity contribution in [2.75, 3.05) is 31.8 Å². The highest BCUT2D eigenvalue weighted by molar-refractivity contribution is 7.89. The molecule has 2 aliphatic rings. The molecule has 0 unspecified atom stereocenters. The zero-order chi connectivity index (χ0) is 23.0. The van der Waals surface area contributed by atoms with Crippen LogP contribution in [0.15, 0.2) is 41.3 Å². The molecule has 1 N–H and O–H groups in total. The second-order valence-electron chi connectivity index (χ2n) is 8.11. The Morgan fingerprint density at radius 1 is 1.21 bits per heavy atom. The molecular formula is C21H23N5O6S. The number of benzene rings is 2. The molecule has 2 aromatic carbocycles. The Hall–Kier alpha value is -3.38. The molecule has 0 saturated carbocycles. The number of carbonyl (C=O) groups is 1. The minimum Gasteiger partial charge on any atom is -0.454 e. The van der Waals surface area contributed by atoms with Crippen LogP contribution in [0.1, 0.15) is 19.8 Å². The quantitative estimate of drug-likeness (QED) is 0.573. The monoisotopic (exact) mass is 473 g/mol. The number of rotatable bonds is 6. The van der Waals surface area contributed by atoms with E-state index in [4.69, 9.17) is 14.3 Å². The molecule has 5 rings (SSSR count). The number of sulfonamides is 1. The van der Waals surface area contributed by atoms with E-state index in [0.29, 0.717) is 47.2 Å². The predicted octanol–water partition coefficient (Wildman–Crippen LogP) is 1.65. The molecule has 0 bridgehead atoms. The van der Waals surface area contributed by atoms with E-state index in [1.54, 1.807) is 24.3 Å². The van der Waals surface area contributed by atoms with Gasteiger partial charge in [-0.15, -0.1) is 5.10 Å². The van der Waals surface area contributed by atoms with Gasteiger partial charge in [0.15, 0.2) is 18.1 Å². The van der Waals surface area contributed by atoms with Crippen molar-refractivity contribution < 1.29 is 27.5 Å². The summed E-state index contributed by atoms with van der Waals surface area (Å²) in [6.07, 6.45) is 1.85. The maximum absolute atomic E-state index is 13.1. The van der Waals surface area contributed by atoms with Crippen molar-refractivity contribution in [3.8, 4) is 11.5 Å². The minimum absolute atomic E-state index is 0.140. The van der Waals surface area contributed by atoms with Crippen molar-refractivity contribution in [1.82, 2.24) is 19.5 Å². The van der Waals surface area contributed by atoms with Crippen LogP contribution in [0.5, 0.6) is 11.5 Å². The van der Waals surface area contributed by atoms with E-state index in [1.165, 1.54) is 16.4 Å². The largest absolute Gasteiger partial charge is 0.454 e. The van der Waals surface area contributed by atoms with E-state index in [9.17, 15) is 13.2 Å². The molecule has 3 aromatic rings. The molecule has 0 spiro atoms. The number of ether oxygens (including phenoxy) is 2. The van der Waals surface area contributed by atoms with E-state index in [-0.39, 0.29) is 18.3 Å². The summed E-state index contributed by atoms with van der Waals surface area (Å²) < 4.78 is 38.3. The highest BCUT2D eigenvalue weighted by atomic mass is 32.2. The Kier molecular flexibility index (Phi) is 5.54. The van der Waals surface area contributed by atoms with Gasteiger partial charge in [0.1, 0.15) is 11.0 Å². The van der Waals surface area contributed by atoms with Crippen LogP contribution in [0.25, 0.3) is 11.0 Å². The number of piperidine rings is 1. The normalized spacial score (nSPS) is 18.4. The van der Waals surface area contributed by atoms with Crippen molar-refractivity contribution in [3.63, 3.8) is 0 Å². The molecule has 174 valence electrons. The van der Waals surface area contributed by atoms with Crippen molar-refractivity contribution in [3.05, 3.63) is 36.4 Å². The van der Waals surface area contributed by atoms with Crippen LogP contribution in [0.2, 0.25) is 0 Å². The predicted molar refractivity (Wildman–Crippen MR) is 117 cm³/mol. The van der Waals surface area contributed by atoms with Gasteiger partial charge in [0.2, 0.25) is 16.8 Å². The van der Waals surface area contributed by atoms with Crippen LogP contribution in [-0.2, 0) is 14.8 Å². The lowest BCUT2D eigenvalue weighted by molar-refractivity contribution is -0.121. The molecule has 11 nitrogen and oxygen atoms in total. The lowest BCUT2D eigenvalue weighted by Crippen LogP contribution is -2.39. The lowest BCUT2D eigenvalue weighted by atomic mass is 10.0. The van der Waals surface area contributed by atoms with Gasteiger partial charge in [-0.3, -0.25) is 4.79 Å². The van der Waals surface area contributed by atoms with Gasteiger partial charge in [-0.2, -0.15) is 4.31 Å². The third-order valence-electron chi connectivity index (χ3n) is 5.62. The molecule has 1 amide bonds. The Morgan fingerprint density at radius 2 is 2.06 bits per heavy atom. The summed E-state index contributed by atoms with van der Waals surface area (Å²) in [4.78, 5) is 19.0. The minimum atomic E-state index is -3.65. The lowest BCUT2D eigenvalue weighted by Gasteiger charge is -2.30. The molecule has 0 aliphatic carbocycles. The van der Waals surface area contributed by atoms with Gasteiger partial charge in [0.05, 0.1) is 4.90 Å². The molecule has 2 aliphatic heterocycles. The molecule has 0 radical (unpaired) electrons. The molecule has 12 heteroatoms. The van der Waals surface area contributed by atoms with E-state index in [1.807, 2.05) is 6.92 Å². The molecular weight excluding hydrogens is 450 g/mol. The highest BCUT2D eigenvalue weighted by Gasteiger charge is 2.29. The zero-order valence-corrected chi connectivity index (χ0v) is 18.7. The standard InChI is InChI=1S/C21H23N5O6S/c1-14-3-2-8-25(11-14)33(28,29)16-5-6-17-18(10-16)26(24-23-17)32-12-21(27)22-15-4-7-19-20(9-15)31-13-30-19/h4-7,9-10,14H,2-3,8,11-13H2,1H3,(H,22,27)/t14-/m1/s1. The average molecular weight is 474 g/mol. The van der Waals surface area contributed by atoms with E-state index < -0.39 is 15.9 Å². The second-order valence-corrected chi connectivity index (χ2v) is 10.1. The number of nitrogens with one attached hydrogen (secondary N) is 1. The maximum atomic E-state index is 13.1. The Morgan fingerprint density at radius 3 is 2.91 bits per heavy atom. The molecule has 3 heterocycles. The number of hydrogen-bond donors (Lipinski definition) is 1. The second kappa shape index (κ2) is 8.52. The summed E-state index contributed by atoms with van der Waals surface area (Å²) in [5.41, 5.74) is 1.34. The Labute approximate surface area is 190 Å². The van der Waals surface area contributed by atoms with Gasteiger partial charge in [-0.05, 0) is 54.3 Å². The van der Waals surface area contributed by atoms with Crippen LogP contribution < -0.4 is 19.6 Å². The topological polar surface area (TPSA) is 125 Å². The first kappa shape index (κ1) is 21.5. The molecule has 1 atom stereocenters. The zero-order valence-electron chi connectivity index (χ0n) is 17.9. The summed E-state index contributed by atoms with van der Waals surface area (Å²) >= 11 is 0. The first-order valence-corrected chi connectivity index (χ1v) is 12.0. The van der Waals surface area contributed by atoms with E-state index in [2.05, 4.69) is 15.6 Å². The van der Waals surface area contributed by atoms with Crippen LogP contribution in [0.4, 0.5) is 5.69 Å². The van der Waals surface area contributed by atoms with Crippen molar-refractivity contribution in [2.45, 2.75) is 24.7 Å². The fraction of sp³-hybridized carbons (Fsp3) is 0.381. The first-order valence-electron chi connectivity index (χ1n) is 10.6. The van der Waals surface area contributed by atoms with Crippen LogP contribution in [0.3, 0.4) is 0 Å². The smallest absolute Gasteiger partial charge is 0.265 e. The first-order chi connectivity index (χ1) is 15.9. The number of fused-ring (bicyclic) bond motifs is 2. The van der Waals surface area contributed by atoms with Crippen LogP contribution in [-0.4, -0.2) is 60.3 Å². The van der Waals surface area contributed by atoms with Gasteiger partial charge >= 0.3 is 0 Å². The fourth-order valence-electron chi connectivity index (χ4n) is 3.94. The number of aromatic nitrogens is 3. The fourth-order valence-corrected chi connectivity index (χ4v) is 5.56. The van der Waals surface area contributed by atoms with Crippen LogP contribution in [0, 0.1) is 5.92 Å². The summed E-state index contributed by atoms with van der Waals surface area (Å²) in [5, 5.41) is 10.6. The SMILES string of the molecule is C[C@@H]1CCCN(S(=O)(=O)c2ccc3nnn(OCC(=O)Nc4ccc5c(c4)OCO5)c3c2)C1. The molecule has 1 fully saturated rings. The summed E-state index contributed by atoms with van der Waals surface area (Å²) in [6.45, 7) is 2.83. The number of hydrogen-bond acceptors (Lipinski definition) is 8. The summed E-state index contributed by atoms with van der Waals surface area (Å²) in [6, 6.07) is 9.62. The third kappa shape index (κ3) is 4.31. The maximum Gasteiger partial charge on any atom is 0.265 e. The van der Waals surface area contributed by atoms with Gasteiger partial charge in [0, 0.05) is 24.8 Å². The van der Waals surface area contributed by atoms with Crippen molar-refractivity contribution in [1.29, 1.82) is 0 Å². The highest BCUT2D eigenvalue weighted by Crippen LogP contribution is 2.34. The number of anilines is 1. The molecule has 1 aromatic heterocycles. The summed E-state index contributed by atoms with van der Waals surface area (Å²) in [7, 11) is -3.65. The van der Waals surface area contributed by atoms with Crippen molar-refractivity contribution >= 4 is 32.7 Å². The van der Waals surface area contributed by atoms with E-state index in [0.717, 1.165) is 17.7 Å². The van der Waals surface area contributed by atoms with Gasteiger partial charge in [-0.1, -0.05) is 11.8 Å². The summed E-state index contributed by atoms with van der Waals surface area (Å²) in [5.74, 6) is 1.05. The number of nitrogens with zero attached hydrogens (tertiary/aromatic N) is 4. The van der Waals surface area contributed by atoms with Gasteiger partial charge < -0.3 is 19.6 Å². The average Bonchev–Trinajstić information content (AvgIpc) is 3.43. The van der Waals surface area contributed by atoms with Crippen molar-refractivity contribution in [2.24, 2.45) is 5.92 Å². The van der Waals surface area contributed by atoms with Gasteiger partial charge in [-0.25, -0.2) is 8.42 Å².